The van der Waals surface area contributed by atoms with Crippen LogP contribution in [0.15, 0.2) is 53.8 Å². The molecule has 1 aromatic heterocycles. The quantitative estimate of drug-likeness (QED) is 0.659. The smallest absolute Gasteiger partial charge is 0.266 e. The van der Waals surface area contributed by atoms with Crippen molar-refractivity contribution in [3.8, 4) is 0 Å². The third-order valence-electron chi connectivity index (χ3n) is 2.32. The number of benzene rings is 1. The number of hydrogen-bond acceptors (Lipinski definition) is 3. The van der Waals surface area contributed by atoms with E-state index in [9.17, 15) is 4.79 Å². The van der Waals surface area contributed by atoms with Crippen LogP contribution in [0.25, 0.3) is 0 Å². The summed E-state index contributed by atoms with van der Waals surface area (Å²) in [4.78, 5) is 15.5. The number of pyridine rings is 1. The van der Waals surface area contributed by atoms with E-state index in [4.69, 9.17) is 0 Å². The van der Waals surface area contributed by atoms with Crippen LogP contribution in [0.1, 0.15) is 21.6 Å². The summed E-state index contributed by atoms with van der Waals surface area (Å²) in [6.45, 7) is 2.00. The van der Waals surface area contributed by atoms with Crippen LogP contribution in [0.4, 0.5) is 0 Å². The van der Waals surface area contributed by atoms with Crippen LogP contribution in [0.5, 0.6) is 0 Å². The zero-order valence-corrected chi connectivity index (χ0v) is 10.00. The minimum atomic E-state index is -0.320. The Hall–Kier alpha value is -2.49. The van der Waals surface area contributed by atoms with Gasteiger partial charge in [-0.05, 0) is 24.6 Å². The van der Waals surface area contributed by atoms with Crippen LogP contribution in [-0.2, 0) is 0 Å². The highest BCUT2D eigenvalue weighted by Crippen LogP contribution is 2.00. The van der Waals surface area contributed by atoms with Gasteiger partial charge in [-0.1, -0.05) is 35.9 Å². The number of amides is 1. The lowest BCUT2D eigenvalue weighted by Crippen LogP contribution is -2.18. The van der Waals surface area contributed by atoms with E-state index in [-0.39, 0.29) is 5.91 Å². The van der Waals surface area contributed by atoms with Crippen LogP contribution >= 0.6 is 0 Å². The molecule has 1 heterocycles. The van der Waals surface area contributed by atoms with Gasteiger partial charge in [0.2, 0.25) is 0 Å². The molecule has 1 amide bonds. The van der Waals surface area contributed by atoms with Crippen molar-refractivity contribution in [3.05, 3.63) is 65.5 Å². The Morgan fingerprint density at radius 2 is 2.17 bits per heavy atom. The van der Waals surface area contributed by atoms with Gasteiger partial charge in [-0.15, -0.1) is 0 Å². The second-order valence-corrected chi connectivity index (χ2v) is 3.83. The van der Waals surface area contributed by atoms with E-state index in [0.717, 1.165) is 11.1 Å². The molecule has 0 aliphatic heterocycles. The molecule has 2 rings (SSSR count). The number of aryl methyl sites for hydroxylation is 1. The third kappa shape index (κ3) is 3.25. The van der Waals surface area contributed by atoms with Crippen molar-refractivity contribution in [1.82, 2.24) is 10.4 Å². The number of hydrazone groups is 1. The van der Waals surface area contributed by atoms with Gasteiger partial charge in [0.1, 0.15) is 5.69 Å². The highest BCUT2D eigenvalue weighted by Gasteiger charge is 2.03. The topological polar surface area (TPSA) is 54.4 Å². The fourth-order valence-corrected chi connectivity index (χ4v) is 1.47. The summed E-state index contributed by atoms with van der Waals surface area (Å²) in [6, 6.07) is 13.0. The van der Waals surface area contributed by atoms with Gasteiger partial charge in [0.25, 0.3) is 5.91 Å². The number of nitrogens with one attached hydrogen (secondary N) is 1. The first-order valence-electron chi connectivity index (χ1n) is 5.57. The summed E-state index contributed by atoms with van der Waals surface area (Å²) in [5.74, 6) is -0.320. The van der Waals surface area contributed by atoms with Gasteiger partial charge in [0.15, 0.2) is 0 Å². The van der Waals surface area contributed by atoms with Crippen molar-refractivity contribution in [1.29, 1.82) is 0 Å². The average molecular weight is 239 g/mol. The average Bonchev–Trinajstić information content (AvgIpc) is 2.40. The Morgan fingerprint density at radius 1 is 1.28 bits per heavy atom. The van der Waals surface area contributed by atoms with E-state index in [0.29, 0.717) is 5.69 Å². The Balaban J connectivity index is 1.98. The molecule has 0 radical (unpaired) electrons. The number of aromatic nitrogens is 1. The second-order valence-electron chi connectivity index (χ2n) is 3.83. The van der Waals surface area contributed by atoms with Crippen LogP contribution in [0.2, 0.25) is 0 Å². The van der Waals surface area contributed by atoms with Crippen LogP contribution in [-0.4, -0.2) is 17.1 Å². The Bertz CT molecular complexity index is 564. The largest absolute Gasteiger partial charge is 0.289 e. The van der Waals surface area contributed by atoms with Crippen molar-refractivity contribution in [2.75, 3.05) is 0 Å². The molecular weight excluding hydrogens is 226 g/mol. The molecule has 90 valence electrons. The lowest BCUT2D eigenvalue weighted by Gasteiger charge is -1.98. The highest BCUT2D eigenvalue weighted by molar-refractivity contribution is 5.93. The molecule has 4 nitrogen and oxygen atoms in total. The van der Waals surface area contributed by atoms with Gasteiger partial charge in [-0.3, -0.25) is 9.78 Å². The molecule has 2 aromatic rings. The van der Waals surface area contributed by atoms with Crippen molar-refractivity contribution >= 4 is 12.1 Å². The number of hydrogen-bond donors (Lipinski definition) is 1. The molecule has 1 aromatic carbocycles. The van der Waals surface area contributed by atoms with Crippen LogP contribution < -0.4 is 5.43 Å². The maximum absolute atomic E-state index is 11.6. The third-order valence-corrected chi connectivity index (χ3v) is 2.32. The lowest BCUT2D eigenvalue weighted by molar-refractivity contribution is 0.0950. The highest BCUT2D eigenvalue weighted by atomic mass is 16.2. The van der Waals surface area contributed by atoms with Gasteiger partial charge in [-0.25, -0.2) is 5.43 Å². The van der Waals surface area contributed by atoms with Gasteiger partial charge in [0.05, 0.1) is 6.21 Å². The summed E-state index contributed by atoms with van der Waals surface area (Å²) < 4.78 is 0. The van der Waals surface area contributed by atoms with Gasteiger partial charge in [-0.2, -0.15) is 5.10 Å². The molecule has 0 aliphatic carbocycles. The lowest BCUT2D eigenvalue weighted by atomic mass is 10.2. The van der Waals surface area contributed by atoms with E-state index in [2.05, 4.69) is 15.5 Å². The number of nitrogens with zero attached hydrogens (tertiary/aromatic N) is 2. The molecule has 0 bridgehead atoms. The minimum absolute atomic E-state index is 0.320. The summed E-state index contributed by atoms with van der Waals surface area (Å²) in [6.07, 6.45) is 3.17. The van der Waals surface area contributed by atoms with Crippen molar-refractivity contribution in [2.45, 2.75) is 6.92 Å². The standard InChI is InChI=1S/C14H13N3O/c1-11-5-4-6-12(9-11)10-16-17-14(18)13-7-2-3-8-15-13/h2-10H,1H3,(H,17,18)/b16-10+. The molecule has 0 aliphatic rings. The monoisotopic (exact) mass is 239 g/mol. The SMILES string of the molecule is Cc1cccc(/C=N/NC(=O)c2ccccn2)c1. The normalized spacial score (nSPS) is 10.5. The van der Waals surface area contributed by atoms with Crippen LogP contribution in [0.3, 0.4) is 0 Å². The predicted octanol–water partition coefficient (Wildman–Crippen LogP) is 2.15. The second kappa shape index (κ2) is 5.72. The van der Waals surface area contributed by atoms with E-state index in [1.165, 1.54) is 0 Å². The number of carbonyl (C=O) groups is 1. The predicted molar refractivity (Wildman–Crippen MR) is 70.5 cm³/mol. The summed E-state index contributed by atoms with van der Waals surface area (Å²) >= 11 is 0. The molecule has 0 spiro atoms. The summed E-state index contributed by atoms with van der Waals surface area (Å²) in [5, 5.41) is 3.89. The molecule has 4 heteroatoms. The Kier molecular flexibility index (Phi) is 3.81. The van der Waals surface area contributed by atoms with Crippen molar-refractivity contribution in [2.24, 2.45) is 5.10 Å². The first-order valence-corrected chi connectivity index (χ1v) is 5.57. The first-order chi connectivity index (χ1) is 8.75. The van der Waals surface area contributed by atoms with E-state index in [1.807, 2.05) is 31.2 Å². The fourth-order valence-electron chi connectivity index (χ4n) is 1.47. The molecule has 18 heavy (non-hydrogen) atoms. The van der Waals surface area contributed by atoms with E-state index < -0.39 is 0 Å². The van der Waals surface area contributed by atoms with Crippen molar-refractivity contribution in [3.63, 3.8) is 0 Å². The maximum Gasteiger partial charge on any atom is 0.289 e. The van der Waals surface area contributed by atoms with Gasteiger partial charge in [0, 0.05) is 6.20 Å². The Labute approximate surface area is 105 Å². The van der Waals surface area contributed by atoms with Gasteiger partial charge < -0.3 is 0 Å². The van der Waals surface area contributed by atoms with Gasteiger partial charge >= 0.3 is 0 Å². The fraction of sp³-hybridized carbons (Fsp3) is 0.0714. The molecular formula is C14H13N3O. The zero-order chi connectivity index (χ0) is 12.8. The molecule has 0 atom stereocenters. The maximum atomic E-state index is 11.6. The van der Waals surface area contributed by atoms with E-state index in [1.54, 1.807) is 30.6 Å². The molecule has 1 N–H and O–H groups in total. The summed E-state index contributed by atoms with van der Waals surface area (Å²) in [5.41, 5.74) is 4.87. The molecule has 0 unspecified atom stereocenters. The minimum Gasteiger partial charge on any atom is -0.266 e. The first kappa shape index (κ1) is 12.0. The van der Waals surface area contributed by atoms with Crippen LogP contribution in [0, 0.1) is 6.92 Å². The zero-order valence-electron chi connectivity index (χ0n) is 10.00. The number of rotatable bonds is 3. The number of carbonyl (C=O) groups excluding carboxylic acids is 1. The molecule has 0 saturated heterocycles. The van der Waals surface area contributed by atoms with E-state index >= 15 is 0 Å². The Morgan fingerprint density at radius 3 is 2.89 bits per heavy atom. The molecule has 0 fully saturated rings. The van der Waals surface area contributed by atoms with Crippen molar-refractivity contribution < 1.29 is 4.79 Å². The molecule has 0 saturated carbocycles. The summed E-state index contributed by atoms with van der Waals surface area (Å²) in [7, 11) is 0.